The first-order valence-corrected chi connectivity index (χ1v) is 11.4. The van der Waals surface area contributed by atoms with E-state index >= 15 is 0 Å². The monoisotopic (exact) mass is 528 g/mol. The van der Waals surface area contributed by atoms with Gasteiger partial charge in [-0.2, -0.15) is 13.2 Å². The smallest absolute Gasteiger partial charge is 0.379 e. The second-order valence-corrected chi connectivity index (χ2v) is 9.00. The third-order valence-corrected chi connectivity index (χ3v) is 6.21. The summed E-state index contributed by atoms with van der Waals surface area (Å²) in [5.41, 5.74) is 6.34. The number of aromatic amines is 1. The summed E-state index contributed by atoms with van der Waals surface area (Å²) in [4.78, 5) is 32.6. The Morgan fingerprint density at radius 3 is 2.60 bits per heavy atom. The summed E-state index contributed by atoms with van der Waals surface area (Å²) in [7, 11) is 0. The van der Waals surface area contributed by atoms with Crippen LogP contribution in [0.1, 0.15) is 23.2 Å². The molecule has 4 rings (SSSR count). The third-order valence-electron chi connectivity index (χ3n) is 5.77. The van der Waals surface area contributed by atoms with Gasteiger partial charge in [0, 0.05) is 40.1 Å². The average Bonchev–Trinajstić information content (AvgIpc) is 3.25. The highest BCUT2D eigenvalue weighted by molar-refractivity contribution is 6.35. The van der Waals surface area contributed by atoms with Gasteiger partial charge in [-0.25, -0.2) is 4.98 Å². The molecule has 3 aromatic rings. The van der Waals surface area contributed by atoms with Crippen LogP contribution in [0.15, 0.2) is 36.7 Å². The molecule has 0 spiro atoms. The van der Waals surface area contributed by atoms with Crippen LogP contribution in [0.2, 0.25) is 10.0 Å². The highest BCUT2D eigenvalue weighted by Gasteiger charge is 2.51. The molecule has 0 unspecified atom stereocenters. The first kappa shape index (κ1) is 24.9. The minimum atomic E-state index is -4.73. The molecule has 2 amide bonds. The van der Waals surface area contributed by atoms with Crippen LogP contribution in [0, 0.1) is 0 Å². The molecule has 1 fully saturated rings. The quantitative estimate of drug-likeness (QED) is 0.378. The van der Waals surface area contributed by atoms with Gasteiger partial charge in [-0.3, -0.25) is 9.59 Å². The zero-order valence-corrected chi connectivity index (χ0v) is 19.6. The minimum absolute atomic E-state index is 0.0408. The van der Waals surface area contributed by atoms with E-state index in [2.05, 4.69) is 20.6 Å². The van der Waals surface area contributed by atoms with Crippen LogP contribution in [0.3, 0.4) is 0 Å². The molecular formula is C22H21Cl2F3N6O2. The lowest BCUT2D eigenvalue weighted by Gasteiger charge is -2.43. The predicted octanol–water partition coefficient (Wildman–Crippen LogP) is 4.41. The average molecular weight is 529 g/mol. The predicted molar refractivity (Wildman–Crippen MR) is 128 cm³/mol. The van der Waals surface area contributed by atoms with Gasteiger partial charge in [0.05, 0.1) is 23.8 Å². The maximum absolute atomic E-state index is 14.3. The van der Waals surface area contributed by atoms with Crippen molar-refractivity contribution in [3.63, 3.8) is 0 Å². The van der Waals surface area contributed by atoms with Gasteiger partial charge >= 0.3 is 6.18 Å². The Morgan fingerprint density at radius 2 is 1.94 bits per heavy atom. The Bertz CT molecular complexity index is 1250. The second-order valence-electron chi connectivity index (χ2n) is 8.13. The van der Waals surface area contributed by atoms with Gasteiger partial charge in [0.25, 0.3) is 5.91 Å². The van der Waals surface area contributed by atoms with Crippen LogP contribution in [-0.2, 0) is 4.79 Å². The summed E-state index contributed by atoms with van der Waals surface area (Å²) in [6, 6.07) is 2.77. The van der Waals surface area contributed by atoms with Crippen LogP contribution in [0.5, 0.6) is 0 Å². The summed E-state index contributed by atoms with van der Waals surface area (Å²) >= 11 is 11.9. The number of nitrogens with two attached hydrogens (primary N) is 1. The highest BCUT2D eigenvalue weighted by atomic mass is 35.5. The molecule has 35 heavy (non-hydrogen) atoms. The molecule has 186 valence electrons. The molecule has 0 saturated carbocycles. The number of piperidine rings is 1. The van der Waals surface area contributed by atoms with Crippen molar-refractivity contribution in [2.45, 2.75) is 31.1 Å². The van der Waals surface area contributed by atoms with E-state index in [-0.39, 0.29) is 30.8 Å². The molecule has 0 bridgehead atoms. The number of alkyl halides is 3. The van der Waals surface area contributed by atoms with Crippen LogP contribution in [0.25, 0.3) is 11.0 Å². The number of primary amides is 1. The molecule has 1 aliphatic rings. The fourth-order valence-corrected chi connectivity index (χ4v) is 4.83. The number of amides is 2. The Balaban J connectivity index is 1.60. The van der Waals surface area contributed by atoms with Gasteiger partial charge in [0.2, 0.25) is 5.91 Å². The van der Waals surface area contributed by atoms with Crippen molar-refractivity contribution in [3.8, 4) is 0 Å². The Kier molecular flexibility index (Phi) is 7.00. The van der Waals surface area contributed by atoms with Gasteiger partial charge in [-0.05, 0) is 37.1 Å². The molecule has 5 N–H and O–H groups in total. The number of H-pyrrole nitrogens is 1. The van der Waals surface area contributed by atoms with E-state index < -0.39 is 30.1 Å². The second kappa shape index (κ2) is 9.82. The number of pyridine rings is 1. The fraction of sp³-hybridized carbons (Fsp3) is 0.318. The van der Waals surface area contributed by atoms with Gasteiger partial charge in [0.15, 0.2) is 0 Å². The van der Waals surface area contributed by atoms with E-state index in [0.717, 1.165) is 4.90 Å². The fourth-order valence-electron chi connectivity index (χ4n) is 4.30. The summed E-state index contributed by atoms with van der Waals surface area (Å²) in [5, 5.41) is 6.71. The zero-order valence-electron chi connectivity index (χ0n) is 18.1. The van der Waals surface area contributed by atoms with Crippen molar-refractivity contribution in [2.24, 2.45) is 5.73 Å². The molecule has 2 atom stereocenters. The van der Waals surface area contributed by atoms with E-state index in [1.54, 1.807) is 12.3 Å². The van der Waals surface area contributed by atoms with Crippen molar-refractivity contribution >= 4 is 57.4 Å². The number of fused-ring (bicyclic) bond motifs is 1. The molecule has 0 radical (unpaired) electrons. The van der Waals surface area contributed by atoms with Crippen molar-refractivity contribution in [1.82, 2.24) is 14.9 Å². The van der Waals surface area contributed by atoms with Crippen LogP contribution < -0.4 is 16.4 Å². The summed E-state index contributed by atoms with van der Waals surface area (Å²) in [6.45, 7) is -0.461. The van der Waals surface area contributed by atoms with Gasteiger partial charge < -0.3 is 26.3 Å². The molecule has 8 nitrogen and oxygen atoms in total. The Morgan fingerprint density at radius 1 is 1.23 bits per heavy atom. The number of halogens is 5. The topological polar surface area (TPSA) is 116 Å². The van der Waals surface area contributed by atoms with Crippen molar-refractivity contribution in [3.05, 3.63) is 52.3 Å². The number of carbonyl (C=O) groups excluding carboxylic acids is 2. The SMILES string of the molecule is NC(=O)c1cnc2[nH]ccc2c1N[C@@H]1CCCN(C(=O)CNc2cc(Cl)cc(Cl)c2)[C@@H]1C(F)(F)F. The molecule has 1 aromatic carbocycles. The van der Waals surface area contributed by atoms with Gasteiger partial charge in [-0.1, -0.05) is 23.2 Å². The maximum atomic E-state index is 14.3. The Labute approximate surface area is 208 Å². The van der Waals surface area contributed by atoms with E-state index in [1.165, 1.54) is 24.4 Å². The van der Waals surface area contributed by atoms with Gasteiger partial charge in [-0.15, -0.1) is 0 Å². The molecule has 1 saturated heterocycles. The lowest BCUT2D eigenvalue weighted by atomic mass is 9.94. The maximum Gasteiger partial charge on any atom is 0.410 e. The van der Waals surface area contributed by atoms with Crippen molar-refractivity contribution < 1.29 is 22.8 Å². The van der Waals surface area contributed by atoms with E-state index in [4.69, 9.17) is 28.9 Å². The van der Waals surface area contributed by atoms with Crippen LogP contribution in [0.4, 0.5) is 24.5 Å². The Hall–Kier alpha value is -3.18. The number of hydrogen-bond donors (Lipinski definition) is 4. The van der Waals surface area contributed by atoms with Crippen LogP contribution >= 0.6 is 23.2 Å². The van der Waals surface area contributed by atoms with E-state index in [9.17, 15) is 22.8 Å². The number of benzene rings is 1. The lowest BCUT2D eigenvalue weighted by Crippen LogP contribution is -2.61. The molecule has 0 aliphatic carbocycles. The first-order chi connectivity index (χ1) is 16.5. The third kappa shape index (κ3) is 5.40. The summed E-state index contributed by atoms with van der Waals surface area (Å²) in [5.74, 6) is -1.58. The van der Waals surface area contributed by atoms with Crippen molar-refractivity contribution in [1.29, 1.82) is 0 Å². The number of nitrogens with one attached hydrogen (secondary N) is 3. The zero-order chi connectivity index (χ0) is 25.3. The standard InChI is InChI=1S/C22H21Cl2F3N6O2/c23-11-6-12(24)8-13(7-11)30-10-17(34)33-5-1-2-16(19(33)22(25,26)27)32-18-14-3-4-29-21(14)31-9-15(18)20(28)35/h3-4,6-9,16,19,30H,1-2,5,10H2,(H2,28,35)(H2,29,31,32)/t16-,19+/m1/s1. The number of aromatic nitrogens is 2. The van der Waals surface area contributed by atoms with E-state index in [0.29, 0.717) is 33.2 Å². The number of nitrogens with zero attached hydrogens (tertiary/aromatic N) is 2. The summed E-state index contributed by atoms with van der Waals surface area (Å²) in [6.07, 6.45) is -1.52. The molecule has 2 aromatic heterocycles. The largest absolute Gasteiger partial charge is 0.410 e. The summed E-state index contributed by atoms with van der Waals surface area (Å²) < 4.78 is 42.9. The molecule has 3 heterocycles. The number of likely N-dealkylation sites (tertiary alicyclic amines) is 1. The molecule has 1 aliphatic heterocycles. The first-order valence-electron chi connectivity index (χ1n) is 10.6. The van der Waals surface area contributed by atoms with Crippen LogP contribution in [-0.4, -0.2) is 58.0 Å². The minimum Gasteiger partial charge on any atom is -0.379 e. The number of anilines is 2. The number of hydrogen-bond acceptors (Lipinski definition) is 5. The number of carbonyl (C=O) groups is 2. The van der Waals surface area contributed by atoms with E-state index in [1.807, 2.05) is 0 Å². The van der Waals surface area contributed by atoms with Crippen molar-refractivity contribution in [2.75, 3.05) is 23.7 Å². The molecular weight excluding hydrogens is 508 g/mol. The van der Waals surface area contributed by atoms with Gasteiger partial charge in [0.1, 0.15) is 11.7 Å². The molecule has 13 heteroatoms. The highest BCUT2D eigenvalue weighted by Crippen LogP contribution is 2.36. The normalized spacial score (nSPS) is 18.5. The lowest BCUT2D eigenvalue weighted by molar-refractivity contribution is -0.197. The number of rotatable bonds is 6.